The third-order valence-electron chi connectivity index (χ3n) is 2.06. The minimum atomic E-state index is 0.597. The Kier molecular flexibility index (Phi) is 3.41. The summed E-state index contributed by atoms with van der Waals surface area (Å²) in [6.45, 7) is 0. The van der Waals surface area contributed by atoms with E-state index in [0.29, 0.717) is 5.88 Å². The standard InChI is InChI=1S/C12H11BrN2O/c1-16-12-8-11(5-6-14-12)15-10-4-2-3-9(13)7-10/h2-8H,1H3,(H,14,15). The second-order valence-electron chi connectivity index (χ2n) is 3.22. The average Bonchev–Trinajstić information content (AvgIpc) is 2.29. The summed E-state index contributed by atoms with van der Waals surface area (Å²) >= 11 is 3.43. The van der Waals surface area contributed by atoms with Gasteiger partial charge in [0.2, 0.25) is 5.88 Å². The third-order valence-corrected chi connectivity index (χ3v) is 2.55. The lowest BCUT2D eigenvalue weighted by Gasteiger charge is -2.07. The Hall–Kier alpha value is -1.55. The van der Waals surface area contributed by atoms with Crippen LogP contribution in [0.5, 0.6) is 5.88 Å². The minimum absolute atomic E-state index is 0.597. The molecule has 2 rings (SSSR count). The topological polar surface area (TPSA) is 34.1 Å². The summed E-state index contributed by atoms with van der Waals surface area (Å²) in [5.74, 6) is 0.597. The zero-order chi connectivity index (χ0) is 11.4. The van der Waals surface area contributed by atoms with Gasteiger partial charge in [-0.2, -0.15) is 0 Å². The number of hydrogen-bond donors (Lipinski definition) is 1. The van der Waals surface area contributed by atoms with Crippen LogP contribution in [0.15, 0.2) is 47.1 Å². The van der Waals surface area contributed by atoms with Crippen LogP contribution in [0.3, 0.4) is 0 Å². The zero-order valence-corrected chi connectivity index (χ0v) is 10.4. The lowest BCUT2D eigenvalue weighted by Crippen LogP contribution is -1.92. The molecule has 1 aromatic heterocycles. The fourth-order valence-corrected chi connectivity index (χ4v) is 1.73. The molecule has 0 aliphatic carbocycles. The van der Waals surface area contributed by atoms with Crippen LogP contribution in [0.4, 0.5) is 11.4 Å². The highest BCUT2D eigenvalue weighted by Crippen LogP contribution is 2.21. The van der Waals surface area contributed by atoms with Crippen molar-refractivity contribution < 1.29 is 4.74 Å². The van der Waals surface area contributed by atoms with Gasteiger partial charge in [0.25, 0.3) is 0 Å². The molecular weight excluding hydrogens is 268 g/mol. The van der Waals surface area contributed by atoms with E-state index in [9.17, 15) is 0 Å². The van der Waals surface area contributed by atoms with Crippen LogP contribution in [-0.4, -0.2) is 12.1 Å². The highest BCUT2D eigenvalue weighted by atomic mass is 79.9. The molecular formula is C12H11BrN2O. The van der Waals surface area contributed by atoms with E-state index < -0.39 is 0 Å². The summed E-state index contributed by atoms with van der Waals surface area (Å²) in [6.07, 6.45) is 1.71. The molecule has 1 heterocycles. The first-order valence-electron chi connectivity index (χ1n) is 4.80. The molecule has 16 heavy (non-hydrogen) atoms. The van der Waals surface area contributed by atoms with Crippen molar-refractivity contribution in [2.75, 3.05) is 12.4 Å². The second kappa shape index (κ2) is 4.99. The molecule has 0 saturated heterocycles. The predicted molar refractivity (Wildman–Crippen MR) is 68.2 cm³/mol. The molecule has 0 saturated carbocycles. The molecule has 82 valence electrons. The Balaban J connectivity index is 2.20. The van der Waals surface area contributed by atoms with E-state index in [1.807, 2.05) is 36.4 Å². The number of nitrogens with zero attached hydrogens (tertiary/aromatic N) is 1. The largest absolute Gasteiger partial charge is 0.481 e. The molecule has 0 bridgehead atoms. The monoisotopic (exact) mass is 278 g/mol. The van der Waals surface area contributed by atoms with Crippen molar-refractivity contribution in [3.8, 4) is 5.88 Å². The van der Waals surface area contributed by atoms with Gasteiger partial charge in [-0.3, -0.25) is 0 Å². The molecule has 0 fully saturated rings. The van der Waals surface area contributed by atoms with Crippen LogP contribution in [0.2, 0.25) is 0 Å². The van der Waals surface area contributed by atoms with E-state index in [1.54, 1.807) is 13.3 Å². The Morgan fingerprint density at radius 2 is 2.00 bits per heavy atom. The quantitative estimate of drug-likeness (QED) is 0.932. The minimum Gasteiger partial charge on any atom is -0.481 e. The van der Waals surface area contributed by atoms with Crippen molar-refractivity contribution in [1.82, 2.24) is 4.98 Å². The molecule has 0 amide bonds. The number of ether oxygens (including phenoxy) is 1. The molecule has 0 aliphatic heterocycles. The molecule has 0 unspecified atom stereocenters. The van der Waals surface area contributed by atoms with Crippen molar-refractivity contribution in [3.63, 3.8) is 0 Å². The molecule has 2 aromatic rings. The second-order valence-corrected chi connectivity index (χ2v) is 4.14. The summed E-state index contributed by atoms with van der Waals surface area (Å²) in [7, 11) is 1.60. The summed E-state index contributed by atoms with van der Waals surface area (Å²) in [4.78, 5) is 4.05. The molecule has 0 radical (unpaired) electrons. The maximum atomic E-state index is 5.06. The highest BCUT2D eigenvalue weighted by molar-refractivity contribution is 9.10. The first-order valence-corrected chi connectivity index (χ1v) is 5.60. The van der Waals surface area contributed by atoms with Gasteiger partial charge in [0.15, 0.2) is 0 Å². The molecule has 3 nitrogen and oxygen atoms in total. The summed E-state index contributed by atoms with van der Waals surface area (Å²) in [6, 6.07) is 11.7. The number of methoxy groups -OCH3 is 1. The van der Waals surface area contributed by atoms with Gasteiger partial charge >= 0.3 is 0 Å². The van der Waals surface area contributed by atoms with Crippen LogP contribution in [0, 0.1) is 0 Å². The lowest BCUT2D eigenvalue weighted by molar-refractivity contribution is 0.398. The fourth-order valence-electron chi connectivity index (χ4n) is 1.33. The molecule has 0 aliphatic rings. The van der Waals surface area contributed by atoms with Crippen LogP contribution < -0.4 is 10.1 Å². The van der Waals surface area contributed by atoms with E-state index >= 15 is 0 Å². The first kappa shape index (κ1) is 11.0. The molecule has 0 atom stereocenters. The van der Waals surface area contributed by atoms with Gasteiger partial charge in [0.1, 0.15) is 0 Å². The molecule has 0 spiro atoms. The number of pyridine rings is 1. The van der Waals surface area contributed by atoms with Crippen LogP contribution in [0.1, 0.15) is 0 Å². The highest BCUT2D eigenvalue weighted by Gasteiger charge is 1.98. The SMILES string of the molecule is COc1cc(Nc2cccc(Br)c2)ccn1. The Morgan fingerprint density at radius 1 is 1.19 bits per heavy atom. The normalized spacial score (nSPS) is 9.88. The number of benzene rings is 1. The summed E-state index contributed by atoms with van der Waals surface area (Å²) in [5, 5.41) is 3.27. The lowest BCUT2D eigenvalue weighted by atomic mass is 10.3. The van der Waals surface area contributed by atoms with Crippen molar-refractivity contribution >= 4 is 27.3 Å². The number of rotatable bonds is 3. The third kappa shape index (κ3) is 2.73. The number of hydrogen-bond acceptors (Lipinski definition) is 3. The zero-order valence-electron chi connectivity index (χ0n) is 8.77. The number of nitrogens with one attached hydrogen (secondary N) is 1. The van der Waals surface area contributed by atoms with Crippen molar-refractivity contribution in [2.45, 2.75) is 0 Å². The number of anilines is 2. The van der Waals surface area contributed by atoms with Gasteiger partial charge in [-0.1, -0.05) is 22.0 Å². The van der Waals surface area contributed by atoms with Crippen LogP contribution in [0.25, 0.3) is 0 Å². The number of aromatic nitrogens is 1. The van der Waals surface area contributed by atoms with Gasteiger partial charge in [-0.05, 0) is 24.3 Å². The van der Waals surface area contributed by atoms with Crippen LogP contribution >= 0.6 is 15.9 Å². The predicted octanol–water partition coefficient (Wildman–Crippen LogP) is 3.60. The van der Waals surface area contributed by atoms with Gasteiger partial charge < -0.3 is 10.1 Å². The molecule has 4 heteroatoms. The van der Waals surface area contributed by atoms with Crippen molar-refractivity contribution in [2.24, 2.45) is 0 Å². The van der Waals surface area contributed by atoms with E-state index in [2.05, 4.69) is 26.2 Å². The van der Waals surface area contributed by atoms with Gasteiger partial charge in [-0.25, -0.2) is 4.98 Å². The van der Waals surface area contributed by atoms with Gasteiger partial charge in [0.05, 0.1) is 7.11 Å². The number of halogens is 1. The maximum absolute atomic E-state index is 5.06. The Morgan fingerprint density at radius 3 is 2.75 bits per heavy atom. The van der Waals surface area contributed by atoms with Crippen molar-refractivity contribution in [3.05, 3.63) is 47.1 Å². The van der Waals surface area contributed by atoms with Crippen LogP contribution in [-0.2, 0) is 0 Å². The summed E-state index contributed by atoms with van der Waals surface area (Å²) < 4.78 is 6.10. The van der Waals surface area contributed by atoms with Crippen molar-refractivity contribution in [1.29, 1.82) is 0 Å². The first-order chi connectivity index (χ1) is 7.78. The van der Waals surface area contributed by atoms with E-state index in [1.165, 1.54) is 0 Å². The smallest absolute Gasteiger partial charge is 0.214 e. The molecule has 1 N–H and O–H groups in total. The Labute approximate surface area is 103 Å². The van der Waals surface area contributed by atoms with E-state index in [4.69, 9.17) is 4.74 Å². The summed E-state index contributed by atoms with van der Waals surface area (Å²) in [5.41, 5.74) is 1.97. The maximum Gasteiger partial charge on any atom is 0.214 e. The molecule has 1 aromatic carbocycles. The van der Waals surface area contributed by atoms with Gasteiger partial charge in [0, 0.05) is 28.1 Å². The Bertz CT molecular complexity index is 488. The van der Waals surface area contributed by atoms with Gasteiger partial charge in [-0.15, -0.1) is 0 Å². The van der Waals surface area contributed by atoms with E-state index in [-0.39, 0.29) is 0 Å². The van der Waals surface area contributed by atoms with E-state index in [0.717, 1.165) is 15.8 Å². The average molecular weight is 279 g/mol. The fraction of sp³-hybridized carbons (Fsp3) is 0.0833.